The fraction of sp³-hybridized carbons (Fsp3) is 0.150. The molecule has 0 saturated heterocycles. The van der Waals surface area contributed by atoms with Crippen molar-refractivity contribution in [3.8, 4) is 0 Å². The Labute approximate surface area is 174 Å². The third-order valence-electron chi connectivity index (χ3n) is 3.92. The molecule has 1 atom stereocenters. The zero-order chi connectivity index (χ0) is 19.9. The van der Waals surface area contributed by atoms with Gasteiger partial charge in [-0.1, -0.05) is 24.3 Å². The largest absolute Gasteiger partial charge is 0.465 e. The molecule has 0 aliphatic carbocycles. The summed E-state index contributed by atoms with van der Waals surface area (Å²) in [6.07, 6.45) is 0. The first-order chi connectivity index (χ1) is 13.6. The Morgan fingerprint density at radius 2 is 1.86 bits per heavy atom. The Morgan fingerprint density at radius 3 is 2.54 bits per heavy atom. The molecule has 1 N–H and O–H groups in total. The van der Waals surface area contributed by atoms with E-state index in [1.807, 2.05) is 30.3 Å². The summed E-state index contributed by atoms with van der Waals surface area (Å²) in [5.74, 6) is 0.0400. The lowest BCUT2D eigenvalue weighted by Crippen LogP contribution is -2.08. The van der Waals surface area contributed by atoms with Crippen LogP contribution in [-0.2, 0) is 9.53 Å². The Morgan fingerprint density at radius 1 is 1.14 bits per heavy atom. The van der Waals surface area contributed by atoms with Crippen LogP contribution in [0.4, 0.5) is 11.4 Å². The fourth-order valence-corrected chi connectivity index (χ4v) is 4.68. The molecule has 5 nitrogen and oxygen atoms in total. The minimum Gasteiger partial charge on any atom is -0.465 e. The standard InChI is InChI=1S/C20H19N2O3PS2/c1-2-25-19(23)12-27-18-11-17(15-5-3-4-6-16(15)20(18)26)22-28-14-9-7-13(21-24)8-10-14/h3-11,22H,2,12,26H2,1H3. The molecule has 0 spiro atoms. The van der Waals surface area contributed by atoms with E-state index in [-0.39, 0.29) is 11.7 Å². The molecule has 0 fully saturated rings. The summed E-state index contributed by atoms with van der Waals surface area (Å²) < 4.78 is 8.42. The maximum atomic E-state index is 11.7. The van der Waals surface area contributed by atoms with Crippen molar-refractivity contribution in [1.82, 2.24) is 0 Å². The highest BCUT2D eigenvalue weighted by atomic mass is 32.2. The van der Waals surface area contributed by atoms with Crippen molar-refractivity contribution in [2.24, 2.45) is 5.18 Å². The van der Waals surface area contributed by atoms with Crippen molar-refractivity contribution in [3.05, 3.63) is 59.5 Å². The molecule has 0 bridgehead atoms. The normalized spacial score (nSPS) is 10.6. The van der Waals surface area contributed by atoms with Crippen LogP contribution in [0.15, 0.2) is 69.6 Å². The molecule has 0 aliphatic heterocycles. The summed E-state index contributed by atoms with van der Waals surface area (Å²) in [6.45, 7) is 2.18. The summed E-state index contributed by atoms with van der Waals surface area (Å²) in [5.41, 5.74) is 1.36. The van der Waals surface area contributed by atoms with Crippen LogP contribution in [0.2, 0.25) is 0 Å². The van der Waals surface area contributed by atoms with Gasteiger partial charge in [-0.25, -0.2) is 0 Å². The van der Waals surface area contributed by atoms with Crippen molar-refractivity contribution in [2.45, 2.75) is 16.7 Å². The second-order valence-corrected chi connectivity index (χ2v) is 8.24. The molecule has 28 heavy (non-hydrogen) atoms. The van der Waals surface area contributed by atoms with Crippen molar-refractivity contribution < 1.29 is 9.53 Å². The number of fused-ring (bicyclic) bond motifs is 1. The smallest absolute Gasteiger partial charge is 0.316 e. The van der Waals surface area contributed by atoms with Gasteiger partial charge in [-0.2, -0.15) is 0 Å². The van der Waals surface area contributed by atoms with Gasteiger partial charge >= 0.3 is 5.97 Å². The van der Waals surface area contributed by atoms with E-state index in [1.165, 1.54) is 23.7 Å². The zero-order valence-corrected chi connectivity index (χ0v) is 18.0. The second kappa shape index (κ2) is 9.92. The quantitative estimate of drug-likeness (QED) is 0.167. The zero-order valence-electron chi connectivity index (χ0n) is 15.2. The third-order valence-corrected chi connectivity index (χ3v) is 6.61. The number of carbonyl (C=O) groups excluding carboxylic acids is 1. The molecule has 0 heterocycles. The molecule has 0 aromatic heterocycles. The first kappa shape index (κ1) is 20.6. The van der Waals surface area contributed by atoms with Gasteiger partial charge in [0.1, 0.15) is 5.69 Å². The molecular weight excluding hydrogens is 411 g/mol. The van der Waals surface area contributed by atoms with Gasteiger partial charge in [0.05, 0.1) is 18.0 Å². The summed E-state index contributed by atoms with van der Waals surface area (Å²) in [5, 5.41) is 6.17. The Hall–Kier alpha value is -2.08. The summed E-state index contributed by atoms with van der Waals surface area (Å²) >= 11 is 2.91. The predicted octanol–water partition coefficient (Wildman–Crippen LogP) is 5.51. The number of hydrogen-bond acceptors (Lipinski definition) is 7. The van der Waals surface area contributed by atoms with Crippen LogP contribution in [0.5, 0.6) is 0 Å². The number of carbonyl (C=O) groups is 1. The fourth-order valence-electron chi connectivity index (χ4n) is 2.60. The van der Waals surface area contributed by atoms with Gasteiger partial charge in [0.25, 0.3) is 0 Å². The number of hydrogen-bond donors (Lipinski definition) is 1. The van der Waals surface area contributed by atoms with Crippen LogP contribution in [-0.4, -0.2) is 18.3 Å². The van der Waals surface area contributed by atoms with E-state index in [1.54, 1.807) is 19.1 Å². The van der Waals surface area contributed by atoms with Crippen LogP contribution >= 0.6 is 32.9 Å². The van der Waals surface area contributed by atoms with E-state index in [0.29, 0.717) is 12.3 Å². The van der Waals surface area contributed by atoms with Crippen LogP contribution in [0, 0.1) is 4.91 Å². The van der Waals surface area contributed by atoms with Gasteiger partial charge in [-0.05, 0) is 65.1 Å². The minimum absolute atomic E-state index is 0.224. The van der Waals surface area contributed by atoms with Gasteiger partial charge in [0.2, 0.25) is 0 Å². The molecular formula is C20H19N2O3PS2. The van der Waals surface area contributed by atoms with Gasteiger partial charge in [0.15, 0.2) is 0 Å². The predicted molar refractivity (Wildman–Crippen MR) is 122 cm³/mol. The molecule has 144 valence electrons. The molecule has 0 saturated carbocycles. The van der Waals surface area contributed by atoms with Crippen molar-refractivity contribution in [2.75, 3.05) is 17.1 Å². The van der Waals surface area contributed by atoms with Gasteiger partial charge in [0, 0.05) is 15.2 Å². The second-order valence-electron chi connectivity index (χ2n) is 5.76. The van der Waals surface area contributed by atoms with E-state index in [0.717, 1.165) is 31.6 Å². The monoisotopic (exact) mass is 430 g/mol. The molecule has 3 aromatic rings. The molecule has 0 amide bonds. The first-order valence-corrected chi connectivity index (χ1v) is 11.0. The Kier molecular flexibility index (Phi) is 7.31. The number of ether oxygens (including phenoxy) is 1. The molecule has 3 aromatic carbocycles. The molecule has 0 aliphatic rings. The van der Waals surface area contributed by atoms with Crippen molar-refractivity contribution >= 4 is 66.4 Å². The van der Waals surface area contributed by atoms with E-state index in [2.05, 4.69) is 31.3 Å². The van der Waals surface area contributed by atoms with Crippen molar-refractivity contribution in [3.63, 3.8) is 0 Å². The average molecular weight is 430 g/mol. The molecule has 3 rings (SSSR count). The van der Waals surface area contributed by atoms with E-state index in [9.17, 15) is 9.70 Å². The topological polar surface area (TPSA) is 67.8 Å². The molecule has 1 unspecified atom stereocenters. The lowest BCUT2D eigenvalue weighted by molar-refractivity contribution is -0.139. The van der Waals surface area contributed by atoms with E-state index >= 15 is 0 Å². The maximum absolute atomic E-state index is 11.7. The lowest BCUT2D eigenvalue weighted by Gasteiger charge is -2.15. The number of nitrogens with one attached hydrogen (secondary N) is 1. The lowest BCUT2D eigenvalue weighted by atomic mass is 10.1. The number of nitrogens with zero attached hydrogens (tertiary/aromatic N) is 1. The molecule has 0 radical (unpaired) electrons. The first-order valence-electron chi connectivity index (χ1n) is 8.58. The maximum Gasteiger partial charge on any atom is 0.316 e. The van der Waals surface area contributed by atoms with Crippen LogP contribution < -0.4 is 10.0 Å². The number of thioether (sulfide) groups is 1. The van der Waals surface area contributed by atoms with E-state index in [4.69, 9.17) is 4.74 Å². The highest BCUT2D eigenvalue weighted by Gasteiger charge is 2.12. The number of anilines is 1. The number of benzene rings is 3. The number of nitroso groups, excluding NO2 is 1. The van der Waals surface area contributed by atoms with E-state index < -0.39 is 0 Å². The average Bonchev–Trinajstić information content (AvgIpc) is 2.73. The van der Waals surface area contributed by atoms with Crippen LogP contribution in [0.1, 0.15) is 6.92 Å². The Bertz CT molecular complexity index is 997. The Balaban J connectivity index is 1.85. The van der Waals surface area contributed by atoms with Crippen LogP contribution in [0.3, 0.4) is 0 Å². The van der Waals surface area contributed by atoms with Gasteiger partial charge in [-0.3, -0.25) is 4.79 Å². The summed E-state index contributed by atoms with van der Waals surface area (Å²) in [4.78, 5) is 24.3. The van der Waals surface area contributed by atoms with Gasteiger partial charge in [-0.15, -0.1) is 25.9 Å². The summed E-state index contributed by atoms with van der Waals surface area (Å²) in [7, 11) is 2.78. The minimum atomic E-state index is -0.224. The SMILES string of the molecule is CCOC(=O)CSc1cc(NSc2ccc(N=O)cc2)c2ccccc2c1P. The van der Waals surface area contributed by atoms with Gasteiger partial charge < -0.3 is 9.46 Å². The van der Waals surface area contributed by atoms with Crippen molar-refractivity contribution in [1.29, 1.82) is 0 Å². The highest BCUT2D eigenvalue weighted by Crippen LogP contribution is 2.33. The number of rotatable bonds is 8. The summed E-state index contributed by atoms with van der Waals surface area (Å²) in [6, 6.07) is 17.2. The van der Waals surface area contributed by atoms with Crippen LogP contribution in [0.25, 0.3) is 10.8 Å². The highest BCUT2D eigenvalue weighted by molar-refractivity contribution is 8.00. The third kappa shape index (κ3) is 5.04. The number of esters is 1. The molecule has 8 heteroatoms.